The minimum Gasteiger partial charge on any atom is -0.598 e. The van der Waals surface area contributed by atoms with Gasteiger partial charge in [-0.15, -0.1) is 4.72 Å². The van der Waals surface area contributed by atoms with E-state index in [4.69, 9.17) is 4.52 Å². The summed E-state index contributed by atoms with van der Waals surface area (Å²) in [6.45, 7) is 7.96. The van der Waals surface area contributed by atoms with Crippen molar-refractivity contribution in [2.45, 2.75) is 44.9 Å². The molecule has 2 aromatic heterocycles. The summed E-state index contributed by atoms with van der Waals surface area (Å²) >= 11 is -1.25. The van der Waals surface area contributed by atoms with Crippen LogP contribution in [0.4, 0.5) is 0 Å². The molecule has 0 saturated carbocycles. The Hall–Kier alpha value is -2.67. The van der Waals surface area contributed by atoms with Crippen LogP contribution in [0.25, 0.3) is 22.2 Å². The third kappa shape index (κ3) is 4.66. The Bertz CT molecular complexity index is 1180. The number of para-hydroxylation sites is 1. The van der Waals surface area contributed by atoms with E-state index in [0.717, 1.165) is 39.0 Å². The van der Waals surface area contributed by atoms with Crippen LogP contribution in [-0.2, 0) is 17.8 Å². The van der Waals surface area contributed by atoms with Gasteiger partial charge in [0.15, 0.2) is 5.58 Å². The highest BCUT2D eigenvalue weighted by Crippen LogP contribution is 2.35. The lowest BCUT2D eigenvalue weighted by atomic mass is 9.93. The van der Waals surface area contributed by atoms with Gasteiger partial charge in [0.1, 0.15) is 10.4 Å². The molecular weight excluding hydrogens is 406 g/mol. The molecule has 2 atom stereocenters. The van der Waals surface area contributed by atoms with E-state index in [0.29, 0.717) is 6.42 Å². The Labute approximate surface area is 186 Å². The molecule has 1 N–H and O–H groups in total. The van der Waals surface area contributed by atoms with E-state index in [-0.39, 0.29) is 6.04 Å². The van der Waals surface area contributed by atoms with Gasteiger partial charge in [-0.3, -0.25) is 4.98 Å². The molecule has 2 unspecified atom stereocenters. The zero-order valence-electron chi connectivity index (χ0n) is 18.3. The summed E-state index contributed by atoms with van der Waals surface area (Å²) in [6.07, 6.45) is 2.42. The van der Waals surface area contributed by atoms with Gasteiger partial charge < -0.3 is 9.08 Å². The van der Waals surface area contributed by atoms with Crippen LogP contribution in [0.5, 0.6) is 0 Å². The van der Waals surface area contributed by atoms with E-state index in [9.17, 15) is 4.55 Å². The average molecular weight is 434 g/mol. The van der Waals surface area contributed by atoms with Crippen molar-refractivity contribution in [3.05, 3.63) is 83.7 Å². The van der Waals surface area contributed by atoms with E-state index in [1.54, 1.807) is 6.20 Å². The van der Waals surface area contributed by atoms with Gasteiger partial charge in [0, 0.05) is 40.6 Å². The highest BCUT2D eigenvalue weighted by atomic mass is 32.2. The Morgan fingerprint density at radius 3 is 2.55 bits per heavy atom. The Morgan fingerprint density at radius 2 is 1.77 bits per heavy atom. The molecule has 5 nitrogen and oxygen atoms in total. The van der Waals surface area contributed by atoms with Gasteiger partial charge in [-0.05, 0) is 57.0 Å². The predicted octanol–water partition coefficient (Wildman–Crippen LogP) is 5.53. The van der Waals surface area contributed by atoms with Gasteiger partial charge in [0.25, 0.3) is 0 Å². The predicted molar refractivity (Wildman–Crippen MR) is 126 cm³/mol. The Morgan fingerprint density at radius 1 is 1.03 bits per heavy atom. The molecule has 2 heterocycles. The molecule has 0 aliphatic heterocycles. The number of aryl methyl sites for hydroxylation is 1. The van der Waals surface area contributed by atoms with Gasteiger partial charge in [0.05, 0.1) is 6.04 Å². The summed E-state index contributed by atoms with van der Waals surface area (Å²) in [5.74, 6) is 0. The van der Waals surface area contributed by atoms with Crippen LogP contribution in [0, 0.1) is 6.92 Å². The maximum atomic E-state index is 13.1. The Kier molecular flexibility index (Phi) is 6.14. The number of hydrogen-bond donors (Lipinski definition) is 1. The molecular formula is C25H27N3O2S. The van der Waals surface area contributed by atoms with Crippen molar-refractivity contribution in [3.8, 4) is 11.3 Å². The zero-order chi connectivity index (χ0) is 22.0. The van der Waals surface area contributed by atoms with Crippen LogP contribution in [0.3, 0.4) is 0 Å². The summed E-state index contributed by atoms with van der Waals surface area (Å²) in [5.41, 5.74) is 5.60. The fourth-order valence-electron chi connectivity index (χ4n) is 3.54. The van der Waals surface area contributed by atoms with Crippen molar-refractivity contribution in [3.63, 3.8) is 0 Å². The van der Waals surface area contributed by atoms with Gasteiger partial charge >= 0.3 is 0 Å². The maximum absolute atomic E-state index is 13.1. The molecule has 6 heteroatoms. The lowest BCUT2D eigenvalue weighted by molar-refractivity contribution is 0.459. The van der Waals surface area contributed by atoms with Crippen LogP contribution >= 0.6 is 0 Å². The quantitative estimate of drug-likeness (QED) is 0.405. The third-order valence-corrected chi connectivity index (χ3v) is 6.90. The van der Waals surface area contributed by atoms with Crippen molar-refractivity contribution in [1.82, 2.24) is 14.9 Å². The molecule has 0 spiro atoms. The van der Waals surface area contributed by atoms with Crippen molar-refractivity contribution >= 4 is 22.3 Å². The molecule has 0 amide bonds. The van der Waals surface area contributed by atoms with Gasteiger partial charge in [0.2, 0.25) is 0 Å². The van der Waals surface area contributed by atoms with E-state index in [1.165, 1.54) is 0 Å². The average Bonchev–Trinajstić information content (AvgIpc) is 3.18. The van der Waals surface area contributed by atoms with Crippen LogP contribution in [-0.4, -0.2) is 19.4 Å². The Balaban J connectivity index is 1.81. The minimum atomic E-state index is -1.25. The van der Waals surface area contributed by atoms with Gasteiger partial charge in [-0.25, -0.2) is 0 Å². The summed E-state index contributed by atoms with van der Waals surface area (Å²) in [5, 5.41) is 5.32. The van der Waals surface area contributed by atoms with Crippen LogP contribution in [0.15, 0.2) is 71.4 Å². The van der Waals surface area contributed by atoms with E-state index >= 15 is 0 Å². The number of aromatic nitrogens is 2. The lowest BCUT2D eigenvalue weighted by Crippen LogP contribution is -2.42. The number of fused-ring (bicyclic) bond motifs is 1. The van der Waals surface area contributed by atoms with Crippen LogP contribution < -0.4 is 4.72 Å². The highest BCUT2D eigenvalue weighted by molar-refractivity contribution is 7.90. The number of hydrogen-bond acceptors (Lipinski definition) is 5. The van der Waals surface area contributed by atoms with Crippen molar-refractivity contribution in [2.24, 2.45) is 0 Å². The second kappa shape index (κ2) is 8.83. The molecule has 4 aromatic rings. The maximum Gasteiger partial charge on any atom is 0.167 e. The van der Waals surface area contributed by atoms with Crippen molar-refractivity contribution < 1.29 is 9.08 Å². The van der Waals surface area contributed by atoms with E-state index in [1.807, 2.05) is 69.3 Å². The van der Waals surface area contributed by atoms with E-state index in [2.05, 4.69) is 33.9 Å². The first-order valence-electron chi connectivity index (χ1n) is 10.4. The van der Waals surface area contributed by atoms with Gasteiger partial charge in [-0.1, -0.05) is 47.6 Å². The zero-order valence-corrected chi connectivity index (χ0v) is 19.1. The first kappa shape index (κ1) is 21.6. The molecule has 160 valence electrons. The van der Waals surface area contributed by atoms with Crippen molar-refractivity contribution in [1.29, 1.82) is 0 Å². The van der Waals surface area contributed by atoms with Crippen molar-refractivity contribution in [2.75, 3.05) is 0 Å². The molecule has 0 fully saturated rings. The second-order valence-electron chi connectivity index (χ2n) is 8.64. The normalized spacial score (nSPS) is 14.0. The fraction of sp³-hybridized carbons (Fsp3) is 0.280. The number of nitrogens with one attached hydrogen (secondary N) is 1. The molecule has 0 aliphatic carbocycles. The van der Waals surface area contributed by atoms with E-state index < -0.39 is 16.1 Å². The SMILES string of the molecule is Cc1cccnc1CC(N[S+]([O-])C(C)(C)C)c1ccccc1-c1noc2ccccc12. The first-order chi connectivity index (χ1) is 14.8. The summed E-state index contributed by atoms with van der Waals surface area (Å²) < 4.78 is 21.6. The smallest absolute Gasteiger partial charge is 0.167 e. The number of nitrogens with zero attached hydrogens (tertiary/aromatic N) is 2. The highest BCUT2D eigenvalue weighted by Gasteiger charge is 2.31. The molecule has 31 heavy (non-hydrogen) atoms. The molecule has 2 aromatic carbocycles. The summed E-state index contributed by atoms with van der Waals surface area (Å²) in [7, 11) is 0. The topological polar surface area (TPSA) is 74.0 Å². The molecule has 4 rings (SSSR count). The molecule has 0 radical (unpaired) electrons. The molecule has 0 aliphatic rings. The van der Waals surface area contributed by atoms with Crippen LogP contribution in [0.2, 0.25) is 0 Å². The number of benzene rings is 2. The first-order valence-corrected chi connectivity index (χ1v) is 11.5. The second-order valence-corrected chi connectivity index (χ2v) is 10.6. The minimum absolute atomic E-state index is 0.208. The largest absolute Gasteiger partial charge is 0.598 e. The standard InChI is InChI=1S/C25H27N3O2S/c1-17-10-9-15-26-21(17)16-22(28-31(29)25(2,3)4)18-11-5-6-12-19(18)24-20-13-7-8-14-23(20)30-27-24/h5-15,22,28H,16H2,1-4H3. The summed E-state index contributed by atoms with van der Waals surface area (Å²) in [4.78, 5) is 4.58. The molecule has 0 bridgehead atoms. The molecule has 0 saturated heterocycles. The lowest BCUT2D eigenvalue weighted by Gasteiger charge is -2.29. The number of pyridine rings is 1. The van der Waals surface area contributed by atoms with Crippen LogP contribution in [0.1, 0.15) is 43.6 Å². The monoisotopic (exact) mass is 433 g/mol. The fourth-order valence-corrected chi connectivity index (χ4v) is 4.37. The summed E-state index contributed by atoms with van der Waals surface area (Å²) in [6, 6.07) is 19.7. The number of rotatable bonds is 6. The third-order valence-electron chi connectivity index (χ3n) is 5.29. The van der Waals surface area contributed by atoms with Gasteiger partial charge in [-0.2, -0.15) is 0 Å².